The zero-order valence-electron chi connectivity index (χ0n) is 9.10. The van der Waals surface area contributed by atoms with E-state index in [1.54, 1.807) is 20.1 Å². The minimum Gasteiger partial charge on any atom is -0.497 e. The lowest BCUT2D eigenvalue weighted by Gasteiger charge is -2.14. The molecule has 0 aromatic heterocycles. The first-order valence-electron chi connectivity index (χ1n) is 4.68. The predicted octanol–water partition coefficient (Wildman–Crippen LogP) is 2.03. The van der Waals surface area contributed by atoms with Crippen molar-refractivity contribution in [2.75, 3.05) is 11.8 Å². The van der Waals surface area contributed by atoms with Crippen LogP contribution in [0.5, 0.6) is 5.75 Å². The Morgan fingerprint density at radius 1 is 1.50 bits per heavy atom. The lowest BCUT2D eigenvalue weighted by atomic mass is 10.1. The molecule has 1 atom stereocenters. The van der Waals surface area contributed by atoms with Crippen LogP contribution in [0.4, 0.5) is 0 Å². The normalized spacial score (nSPS) is 13.4. The maximum atomic E-state index is 11.3. The SMILES string of the molecule is COc1cccc([C@H](C)NS(=O)(=O)CBr)c1. The van der Waals surface area contributed by atoms with Crippen LogP contribution in [-0.4, -0.2) is 20.2 Å². The van der Waals surface area contributed by atoms with Crippen LogP contribution in [0.15, 0.2) is 24.3 Å². The van der Waals surface area contributed by atoms with E-state index in [2.05, 4.69) is 20.7 Å². The van der Waals surface area contributed by atoms with E-state index in [0.29, 0.717) is 5.75 Å². The van der Waals surface area contributed by atoms with Gasteiger partial charge in [-0.05, 0) is 24.6 Å². The van der Waals surface area contributed by atoms with E-state index in [1.807, 2.05) is 18.2 Å². The molecular weight excluding hydrogens is 294 g/mol. The summed E-state index contributed by atoms with van der Waals surface area (Å²) in [5.74, 6) is 0.711. The molecule has 0 spiro atoms. The number of methoxy groups -OCH3 is 1. The van der Waals surface area contributed by atoms with E-state index in [4.69, 9.17) is 4.74 Å². The Morgan fingerprint density at radius 3 is 2.75 bits per heavy atom. The van der Waals surface area contributed by atoms with E-state index in [1.165, 1.54) is 0 Å². The highest BCUT2D eigenvalue weighted by Gasteiger charge is 2.14. The maximum Gasteiger partial charge on any atom is 0.222 e. The van der Waals surface area contributed by atoms with Crippen LogP contribution in [0.25, 0.3) is 0 Å². The molecule has 0 aliphatic rings. The van der Waals surface area contributed by atoms with Crippen molar-refractivity contribution >= 4 is 26.0 Å². The fourth-order valence-electron chi connectivity index (χ4n) is 1.28. The second-order valence-electron chi connectivity index (χ2n) is 3.34. The molecule has 16 heavy (non-hydrogen) atoms. The number of ether oxygens (including phenoxy) is 1. The summed E-state index contributed by atoms with van der Waals surface area (Å²) in [6.45, 7) is 1.79. The maximum absolute atomic E-state index is 11.3. The van der Waals surface area contributed by atoms with Crippen LogP contribution in [0.1, 0.15) is 18.5 Å². The fraction of sp³-hybridized carbons (Fsp3) is 0.400. The molecule has 4 nitrogen and oxygen atoms in total. The average molecular weight is 308 g/mol. The number of nitrogens with one attached hydrogen (secondary N) is 1. The smallest absolute Gasteiger partial charge is 0.222 e. The summed E-state index contributed by atoms with van der Waals surface area (Å²) in [4.78, 5) is 0. The molecule has 6 heteroatoms. The van der Waals surface area contributed by atoms with Gasteiger partial charge in [0.25, 0.3) is 0 Å². The van der Waals surface area contributed by atoms with Crippen molar-refractivity contribution in [1.29, 1.82) is 0 Å². The first-order valence-corrected chi connectivity index (χ1v) is 7.46. The number of alkyl halides is 1. The third-order valence-corrected chi connectivity index (χ3v) is 4.90. The lowest BCUT2D eigenvalue weighted by molar-refractivity contribution is 0.413. The molecule has 0 fully saturated rings. The molecule has 0 saturated carbocycles. The van der Waals surface area contributed by atoms with Gasteiger partial charge in [0.05, 0.1) is 7.11 Å². The molecule has 1 aromatic carbocycles. The van der Waals surface area contributed by atoms with E-state index < -0.39 is 10.0 Å². The molecule has 0 bridgehead atoms. The minimum atomic E-state index is -3.26. The molecule has 0 aliphatic carbocycles. The van der Waals surface area contributed by atoms with Gasteiger partial charge in [-0.1, -0.05) is 28.1 Å². The Kier molecular flexibility index (Phi) is 4.76. The van der Waals surface area contributed by atoms with Gasteiger partial charge >= 0.3 is 0 Å². The monoisotopic (exact) mass is 307 g/mol. The highest BCUT2D eigenvalue weighted by molar-refractivity contribution is 9.10. The number of benzene rings is 1. The van der Waals surface area contributed by atoms with Crippen molar-refractivity contribution in [1.82, 2.24) is 4.72 Å². The molecule has 0 unspecified atom stereocenters. The Labute approximate surface area is 104 Å². The minimum absolute atomic E-state index is 0.103. The Hall–Kier alpha value is -0.590. The van der Waals surface area contributed by atoms with Gasteiger partial charge < -0.3 is 4.74 Å². The predicted molar refractivity (Wildman–Crippen MR) is 67.3 cm³/mol. The molecule has 0 saturated heterocycles. The summed E-state index contributed by atoms with van der Waals surface area (Å²) in [6.07, 6.45) is 0. The van der Waals surface area contributed by atoms with Crippen LogP contribution < -0.4 is 9.46 Å². The van der Waals surface area contributed by atoms with Crippen molar-refractivity contribution < 1.29 is 13.2 Å². The van der Waals surface area contributed by atoms with E-state index in [-0.39, 0.29) is 10.7 Å². The van der Waals surface area contributed by atoms with Crippen LogP contribution in [-0.2, 0) is 10.0 Å². The van der Waals surface area contributed by atoms with Crippen molar-refractivity contribution in [3.05, 3.63) is 29.8 Å². The standard InChI is InChI=1S/C10H14BrNO3S/c1-8(12-16(13,14)7-11)9-4-3-5-10(6-9)15-2/h3-6,8,12H,7H2,1-2H3/t8-/m0/s1. The summed E-state index contributed by atoms with van der Waals surface area (Å²) in [5.41, 5.74) is 0.865. The number of hydrogen-bond acceptors (Lipinski definition) is 3. The first-order chi connectivity index (χ1) is 7.48. The summed E-state index contributed by atoms with van der Waals surface area (Å²) < 4.78 is 30.2. The van der Waals surface area contributed by atoms with Gasteiger partial charge in [0, 0.05) is 6.04 Å². The second kappa shape index (κ2) is 5.65. The molecule has 0 aliphatic heterocycles. The average Bonchev–Trinajstić information content (AvgIpc) is 2.28. The Bertz CT molecular complexity index is 447. The van der Waals surface area contributed by atoms with Crippen LogP contribution in [0.3, 0.4) is 0 Å². The highest BCUT2D eigenvalue weighted by Crippen LogP contribution is 2.19. The van der Waals surface area contributed by atoms with Crippen molar-refractivity contribution in [2.24, 2.45) is 0 Å². The van der Waals surface area contributed by atoms with Crippen molar-refractivity contribution in [2.45, 2.75) is 13.0 Å². The van der Waals surface area contributed by atoms with Gasteiger partial charge in [-0.2, -0.15) is 0 Å². The summed E-state index contributed by atoms with van der Waals surface area (Å²) >= 11 is 2.92. The van der Waals surface area contributed by atoms with E-state index in [0.717, 1.165) is 5.56 Å². The highest BCUT2D eigenvalue weighted by atomic mass is 79.9. The van der Waals surface area contributed by atoms with Crippen LogP contribution >= 0.6 is 15.9 Å². The number of sulfonamides is 1. The fourth-order valence-corrected chi connectivity index (χ4v) is 2.41. The van der Waals surface area contributed by atoms with Crippen molar-refractivity contribution in [3.63, 3.8) is 0 Å². The van der Waals surface area contributed by atoms with Crippen LogP contribution in [0, 0.1) is 0 Å². The summed E-state index contributed by atoms with van der Waals surface area (Å²) in [6, 6.07) is 7.02. The quantitative estimate of drug-likeness (QED) is 0.847. The van der Waals surface area contributed by atoms with E-state index >= 15 is 0 Å². The molecule has 0 heterocycles. The van der Waals surface area contributed by atoms with E-state index in [9.17, 15) is 8.42 Å². The zero-order chi connectivity index (χ0) is 12.2. The number of rotatable bonds is 5. The van der Waals surface area contributed by atoms with Crippen LogP contribution in [0.2, 0.25) is 0 Å². The zero-order valence-corrected chi connectivity index (χ0v) is 11.5. The Balaban J connectivity index is 2.84. The number of hydrogen-bond donors (Lipinski definition) is 1. The third-order valence-electron chi connectivity index (χ3n) is 2.09. The van der Waals surface area contributed by atoms with Gasteiger partial charge in [0.15, 0.2) is 0 Å². The van der Waals surface area contributed by atoms with Gasteiger partial charge in [-0.15, -0.1) is 0 Å². The lowest BCUT2D eigenvalue weighted by Crippen LogP contribution is -2.27. The topological polar surface area (TPSA) is 55.4 Å². The van der Waals surface area contributed by atoms with Gasteiger partial charge in [-0.25, -0.2) is 13.1 Å². The van der Waals surface area contributed by atoms with Gasteiger partial charge in [0.1, 0.15) is 10.4 Å². The third kappa shape index (κ3) is 3.77. The molecule has 90 valence electrons. The number of halogens is 1. The molecule has 0 amide bonds. The Morgan fingerprint density at radius 2 is 2.19 bits per heavy atom. The largest absolute Gasteiger partial charge is 0.497 e. The van der Waals surface area contributed by atoms with Gasteiger partial charge in [0.2, 0.25) is 10.0 Å². The molecule has 0 radical (unpaired) electrons. The first kappa shape index (κ1) is 13.5. The molecule has 1 rings (SSSR count). The van der Waals surface area contributed by atoms with Gasteiger partial charge in [-0.3, -0.25) is 0 Å². The summed E-state index contributed by atoms with van der Waals surface area (Å²) in [7, 11) is -1.68. The molecule has 1 N–H and O–H groups in total. The second-order valence-corrected chi connectivity index (χ2v) is 6.40. The molecular formula is C10H14BrNO3S. The molecule has 1 aromatic rings. The van der Waals surface area contributed by atoms with Crippen molar-refractivity contribution in [3.8, 4) is 5.75 Å². The summed E-state index contributed by atoms with van der Waals surface area (Å²) in [5, 5.41) is 0.